The molecule has 1 aliphatic heterocycles. The van der Waals surface area contributed by atoms with Gasteiger partial charge in [0.2, 0.25) is 0 Å². The van der Waals surface area contributed by atoms with Gasteiger partial charge in [-0.25, -0.2) is 8.78 Å². The second-order valence-electron chi connectivity index (χ2n) is 5.73. The molecule has 1 fully saturated rings. The van der Waals surface area contributed by atoms with E-state index in [0.717, 1.165) is 43.8 Å². The van der Waals surface area contributed by atoms with Gasteiger partial charge in [0.1, 0.15) is 0 Å². The van der Waals surface area contributed by atoms with Crippen LogP contribution in [0, 0.1) is 11.6 Å². The van der Waals surface area contributed by atoms with Crippen molar-refractivity contribution in [2.24, 2.45) is 0 Å². The molecule has 0 saturated carbocycles. The average Bonchev–Trinajstić information content (AvgIpc) is 2.52. The molecule has 1 atom stereocenters. The lowest BCUT2D eigenvalue weighted by Crippen LogP contribution is -2.52. The summed E-state index contributed by atoms with van der Waals surface area (Å²) in [5, 5.41) is 4.09. The molecule has 1 aromatic carbocycles. The van der Waals surface area contributed by atoms with Gasteiger partial charge in [0.25, 0.3) is 0 Å². The van der Waals surface area contributed by atoms with Crippen molar-refractivity contribution >= 4 is 17.3 Å². The Balaban J connectivity index is 1.84. The number of rotatable bonds is 4. The van der Waals surface area contributed by atoms with E-state index in [2.05, 4.69) is 29.0 Å². The first-order valence-corrected chi connectivity index (χ1v) is 8.12. The maximum Gasteiger partial charge on any atom is 0.169 e. The third-order valence-electron chi connectivity index (χ3n) is 4.07. The minimum atomic E-state index is -0.782. The maximum atomic E-state index is 13.7. The number of hydrogen-bond donors (Lipinski definition) is 1. The summed E-state index contributed by atoms with van der Waals surface area (Å²) in [7, 11) is 0. The molecule has 0 bridgehead atoms. The van der Waals surface area contributed by atoms with Gasteiger partial charge in [0.15, 0.2) is 16.7 Å². The number of benzene rings is 1. The van der Waals surface area contributed by atoms with Gasteiger partial charge in [0.05, 0.1) is 0 Å². The first-order valence-electron chi connectivity index (χ1n) is 7.72. The molecule has 0 aromatic heterocycles. The van der Waals surface area contributed by atoms with Gasteiger partial charge in [-0.15, -0.1) is 0 Å². The molecule has 1 saturated heterocycles. The molecule has 1 aromatic rings. The molecule has 1 unspecified atom stereocenters. The Morgan fingerprint density at radius 3 is 2.59 bits per heavy atom. The second-order valence-corrected chi connectivity index (χ2v) is 6.12. The van der Waals surface area contributed by atoms with Crippen LogP contribution in [0.15, 0.2) is 18.2 Å². The SMILES string of the molecule is CCC(C)NC(=S)N1CCN(Cc2cccc(F)c2F)CC1. The van der Waals surface area contributed by atoms with Crippen molar-refractivity contribution in [2.75, 3.05) is 26.2 Å². The highest BCUT2D eigenvalue weighted by atomic mass is 32.1. The summed E-state index contributed by atoms with van der Waals surface area (Å²) < 4.78 is 26.9. The number of nitrogens with one attached hydrogen (secondary N) is 1. The monoisotopic (exact) mass is 327 g/mol. The molecule has 0 amide bonds. The van der Waals surface area contributed by atoms with Crippen LogP contribution in [-0.4, -0.2) is 47.1 Å². The fraction of sp³-hybridized carbons (Fsp3) is 0.562. The predicted octanol–water partition coefficient (Wildman–Crippen LogP) is 2.76. The van der Waals surface area contributed by atoms with Crippen LogP contribution in [0.2, 0.25) is 0 Å². The first-order chi connectivity index (χ1) is 10.5. The summed E-state index contributed by atoms with van der Waals surface area (Å²) in [6.07, 6.45) is 1.03. The summed E-state index contributed by atoms with van der Waals surface area (Å²) in [6.45, 7) is 7.85. The Bertz CT molecular complexity index is 516. The van der Waals surface area contributed by atoms with E-state index in [1.54, 1.807) is 12.1 Å². The number of halogens is 2. The van der Waals surface area contributed by atoms with E-state index < -0.39 is 11.6 Å². The Morgan fingerprint density at radius 2 is 1.95 bits per heavy atom. The first kappa shape index (κ1) is 17.1. The van der Waals surface area contributed by atoms with E-state index in [-0.39, 0.29) is 0 Å². The Labute approximate surface area is 136 Å². The molecule has 3 nitrogen and oxygen atoms in total. The van der Waals surface area contributed by atoms with E-state index >= 15 is 0 Å². The highest BCUT2D eigenvalue weighted by Crippen LogP contribution is 2.15. The van der Waals surface area contributed by atoms with E-state index in [9.17, 15) is 8.78 Å². The van der Waals surface area contributed by atoms with Crippen molar-refractivity contribution in [1.29, 1.82) is 0 Å². The molecule has 1 heterocycles. The highest BCUT2D eigenvalue weighted by Gasteiger charge is 2.20. The zero-order valence-electron chi connectivity index (χ0n) is 13.1. The summed E-state index contributed by atoms with van der Waals surface area (Å²) in [4.78, 5) is 4.26. The van der Waals surface area contributed by atoms with Crippen LogP contribution in [0.3, 0.4) is 0 Å². The van der Waals surface area contributed by atoms with Gasteiger partial charge in [-0.2, -0.15) is 0 Å². The average molecular weight is 327 g/mol. The smallest absolute Gasteiger partial charge is 0.169 e. The quantitative estimate of drug-likeness (QED) is 0.857. The third-order valence-corrected chi connectivity index (χ3v) is 4.44. The van der Waals surface area contributed by atoms with Crippen molar-refractivity contribution in [3.63, 3.8) is 0 Å². The standard InChI is InChI=1S/C16H23F2N3S/c1-3-12(2)19-16(22)21-9-7-20(8-10-21)11-13-5-4-6-14(17)15(13)18/h4-6,12H,3,7-11H2,1-2H3,(H,19,22). The van der Waals surface area contributed by atoms with E-state index in [0.29, 0.717) is 18.2 Å². The molecule has 22 heavy (non-hydrogen) atoms. The number of thiocarbonyl (C=S) groups is 1. The van der Waals surface area contributed by atoms with Crippen LogP contribution in [0.4, 0.5) is 8.78 Å². The Morgan fingerprint density at radius 1 is 1.27 bits per heavy atom. The molecule has 0 radical (unpaired) electrons. The fourth-order valence-electron chi connectivity index (χ4n) is 2.42. The Kier molecular flexibility index (Phi) is 6.08. The van der Waals surface area contributed by atoms with Crippen LogP contribution < -0.4 is 5.32 Å². The lowest BCUT2D eigenvalue weighted by molar-refractivity contribution is 0.172. The normalized spacial score (nSPS) is 17.4. The van der Waals surface area contributed by atoms with Gasteiger partial charge >= 0.3 is 0 Å². The van der Waals surface area contributed by atoms with E-state index in [1.165, 1.54) is 0 Å². The van der Waals surface area contributed by atoms with Gasteiger partial charge in [-0.1, -0.05) is 19.1 Å². The molecule has 1 N–H and O–H groups in total. The van der Waals surface area contributed by atoms with Crippen molar-refractivity contribution in [3.8, 4) is 0 Å². The Hall–Kier alpha value is -1.27. The van der Waals surface area contributed by atoms with Gasteiger partial charge in [0, 0.05) is 44.3 Å². The zero-order valence-corrected chi connectivity index (χ0v) is 13.9. The summed E-state index contributed by atoms with van der Waals surface area (Å²) in [5.74, 6) is -1.52. The molecular formula is C16H23F2N3S. The van der Waals surface area contributed by atoms with Crippen molar-refractivity contribution < 1.29 is 8.78 Å². The lowest BCUT2D eigenvalue weighted by atomic mass is 10.1. The summed E-state index contributed by atoms with van der Waals surface area (Å²) in [6, 6.07) is 4.71. The number of piperazine rings is 1. The molecule has 6 heteroatoms. The van der Waals surface area contributed by atoms with Gasteiger partial charge in [-0.3, -0.25) is 4.90 Å². The van der Waals surface area contributed by atoms with Crippen molar-refractivity contribution in [2.45, 2.75) is 32.9 Å². The van der Waals surface area contributed by atoms with Crippen molar-refractivity contribution in [3.05, 3.63) is 35.4 Å². The minimum absolute atomic E-state index is 0.368. The maximum absolute atomic E-state index is 13.7. The lowest BCUT2D eigenvalue weighted by Gasteiger charge is -2.37. The molecular weight excluding hydrogens is 304 g/mol. The minimum Gasteiger partial charge on any atom is -0.360 e. The van der Waals surface area contributed by atoms with E-state index in [4.69, 9.17) is 12.2 Å². The van der Waals surface area contributed by atoms with Gasteiger partial charge in [-0.05, 0) is 31.6 Å². The number of hydrogen-bond acceptors (Lipinski definition) is 2. The fourth-order valence-corrected chi connectivity index (χ4v) is 2.81. The van der Waals surface area contributed by atoms with E-state index in [1.807, 2.05) is 0 Å². The summed E-state index contributed by atoms with van der Waals surface area (Å²) in [5.41, 5.74) is 0.411. The second kappa shape index (κ2) is 7.83. The highest BCUT2D eigenvalue weighted by molar-refractivity contribution is 7.80. The number of nitrogens with zero attached hydrogens (tertiary/aromatic N) is 2. The van der Waals surface area contributed by atoms with Crippen LogP contribution in [0.5, 0.6) is 0 Å². The molecule has 0 spiro atoms. The zero-order chi connectivity index (χ0) is 16.1. The topological polar surface area (TPSA) is 18.5 Å². The van der Waals surface area contributed by atoms with Crippen LogP contribution in [0.25, 0.3) is 0 Å². The van der Waals surface area contributed by atoms with Crippen LogP contribution >= 0.6 is 12.2 Å². The summed E-state index contributed by atoms with van der Waals surface area (Å²) >= 11 is 5.41. The van der Waals surface area contributed by atoms with Crippen LogP contribution in [0.1, 0.15) is 25.8 Å². The van der Waals surface area contributed by atoms with Crippen molar-refractivity contribution in [1.82, 2.24) is 15.1 Å². The molecule has 122 valence electrons. The van der Waals surface area contributed by atoms with Crippen LogP contribution in [-0.2, 0) is 6.54 Å². The molecule has 1 aliphatic rings. The predicted molar refractivity (Wildman–Crippen MR) is 88.7 cm³/mol. The van der Waals surface area contributed by atoms with Gasteiger partial charge < -0.3 is 10.2 Å². The largest absolute Gasteiger partial charge is 0.360 e. The third kappa shape index (κ3) is 4.36. The molecule has 0 aliphatic carbocycles. The molecule has 2 rings (SSSR count).